The Morgan fingerprint density at radius 1 is 0.315 bits per heavy atom. The van der Waals surface area contributed by atoms with E-state index in [1.807, 2.05) is 0 Å². The van der Waals surface area contributed by atoms with Crippen LogP contribution in [0.15, 0.2) is 0 Å². The predicted molar refractivity (Wildman–Crippen MR) is 407 cm³/mol. The largest absolute Gasteiger partial charge is 0.310 e. The molecule has 0 aromatic heterocycles. The molecule has 14 nitrogen and oxygen atoms in total. The normalized spacial score (nSPS) is 28.1. The molecule has 7 atom stereocenters. The molecule has 7 saturated heterocycles. The maximum absolute atomic E-state index is 2.68. The monoisotopic (exact) mass is 1310 g/mol. The summed E-state index contributed by atoms with van der Waals surface area (Å²) in [6, 6.07) is 7.25. The Balaban J connectivity index is 0.000000537. The van der Waals surface area contributed by atoms with Crippen molar-refractivity contribution in [3.05, 3.63) is 0 Å². The summed E-state index contributed by atoms with van der Waals surface area (Å²) in [4.78, 5) is 18.4. The van der Waals surface area contributed by atoms with Crippen molar-refractivity contribution in [3.8, 4) is 0 Å². The van der Waals surface area contributed by atoms with E-state index < -0.39 is 0 Å². The number of quaternary nitrogens is 7. The first-order valence-corrected chi connectivity index (χ1v) is 40.8. The van der Waals surface area contributed by atoms with Gasteiger partial charge in [0.2, 0.25) is 0 Å². The van der Waals surface area contributed by atoms with Crippen LogP contribution in [0, 0.1) is 0 Å². The first kappa shape index (κ1) is 89.5. The summed E-state index contributed by atoms with van der Waals surface area (Å²) < 4.78 is 9.17. The number of rotatable bonds is 27. The van der Waals surface area contributed by atoms with Gasteiger partial charge in [-0.3, -0.25) is 9.80 Å². The molecule has 0 amide bonds. The number of hydrogen-bond acceptors (Lipinski definition) is 7. The van der Waals surface area contributed by atoms with E-state index in [0.717, 1.165) is 42.3 Å². The zero-order chi connectivity index (χ0) is 70.3. The van der Waals surface area contributed by atoms with Gasteiger partial charge < -0.3 is 31.4 Å². The van der Waals surface area contributed by atoms with Gasteiger partial charge in [-0.05, 0) is 165 Å². The average molecular weight is 1310 g/mol. The summed E-state index contributed by atoms with van der Waals surface area (Å²) >= 11 is 0. The van der Waals surface area contributed by atoms with Crippen LogP contribution in [0.3, 0.4) is 0 Å². The zero-order valence-electron chi connectivity index (χ0n) is 69.0. The van der Waals surface area contributed by atoms with Crippen molar-refractivity contribution < 1.29 is 31.4 Å². The Bertz CT molecular complexity index is 1800. The summed E-state index contributed by atoms with van der Waals surface area (Å²) in [7, 11) is 0. The number of hydrogen-bond donors (Lipinski definition) is 0. The van der Waals surface area contributed by atoms with Crippen molar-refractivity contribution >= 4 is 0 Å². The molecule has 0 spiro atoms. The van der Waals surface area contributed by atoms with E-state index in [-0.39, 0.29) is 0 Å². The third-order valence-electron chi connectivity index (χ3n) is 26.8. The molecule has 92 heavy (non-hydrogen) atoms. The number of nitrogens with zero attached hydrogens (tertiary/aromatic N) is 14. The Morgan fingerprint density at radius 2 is 0.685 bits per heavy atom. The van der Waals surface area contributed by atoms with Crippen LogP contribution >= 0.6 is 0 Å². The number of likely N-dealkylation sites (N-methyl/N-ethyl adjacent to an activating group) is 12. The molecule has 7 fully saturated rings. The minimum absolute atomic E-state index is 0.702. The highest BCUT2D eigenvalue weighted by atomic mass is 15.6. The Morgan fingerprint density at radius 3 is 0.957 bits per heavy atom. The van der Waals surface area contributed by atoms with E-state index in [0.29, 0.717) is 12.1 Å². The molecule has 7 aliphatic rings. The molecule has 7 aliphatic heterocycles. The molecular formula is C78H177N14+7. The summed E-state index contributed by atoms with van der Waals surface area (Å²) in [6.45, 7) is 112. The fraction of sp³-hybridized carbons (Fsp3) is 1.00. The first-order valence-electron chi connectivity index (χ1n) is 40.8. The molecular weight excluding hydrogens is 1130 g/mol. The summed E-state index contributed by atoms with van der Waals surface area (Å²) in [5.74, 6) is 0. The van der Waals surface area contributed by atoms with Crippen molar-refractivity contribution in [1.82, 2.24) is 34.3 Å². The van der Waals surface area contributed by atoms with Crippen LogP contribution in [-0.2, 0) is 0 Å². The molecule has 0 radical (unpaired) electrons. The predicted octanol–water partition coefficient (Wildman–Crippen LogP) is 13.8. The SMILES string of the molecule is CCC1CN(CC)C[N+]1(CC)CC.CCC1C[N+](CC)(CC)CN1CC.CCCC1CN(CC)C[N+]1(CC)CC.CCCC1C[N+](CC)(CC)CN1CC.CCN1C[N+](CC)(CC)CC1C.CC[N+]1(CC)CC(C)N(C(C)C)C1.CC[N+]1(CC)CN(C(C)C)CC1C. The second-order valence-electron chi connectivity index (χ2n) is 31.3. The smallest absolute Gasteiger partial charge is 0.135 e. The van der Waals surface area contributed by atoms with E-state index in [4.69, 9.17) is 0 Å². The lowest BCUT2D eigenvalue weighted by Gasteiger charge is -2.37. The van der Waals surface area contributed by atoms with Gasteiger partial charge in [-0.2, -0.15) is 0 Å². The van der Waals surface area contributed by atoms with Crippen LogP contribution in [0.25, 0.3) is 0 Å². The molecule has 0 saturated carbocycles. The van der Waals surface area contributed by atoms with Gasteiger partial charge in [0.05, 0.1) is 162 Å². The van der Waals surface area contributed by atoms with Crippen molar-refractivity contribution in [2.45, 2.75) is 301 Å². The fourth-order valence-electron chi connectivity index (χ4n) is 18.4. The molecule has 14 heteroatoms. The Labute approximate surface area is 580 Å². The molecule has 7 rings (SSSR count). The topological polar surface area (TPSA) is 22.7 Å². The van der Waals surface area contributed by atoms with E-state index in [1.165, 1.54) is 287 Å². The summed E-state index contributed by atoms with van der Waals surface area (Å²) in [5, 5.41) is 0. The van der Waals surface area contributed by atoms with Crippen LogP contribution in [0.1, 0.15) is 246 Å². The third kappa shape index (κ3) is 24.1. The lowest BCUT2D eigenvalue weighted by molar-refractivity contribution is -0.939. The van der Waals surface area contributed by atoms with E-state index in [2.05, 4.69) is 242 Å². The highest BCUT2D eigenvalue weighted by Gasteiger charge is 2.46. The van der Waals surface area contributed by atoms with Gasteiger partial charge in [0.25, 0.3) is 0 Å². The lowest BCUT2D eigenvalue weighted by Crippen LogP contribution is -2.52. The first-order chi connectivity index (χ1) is 43.6. The molecule has 0 aromatic rings. The van der Waals surface area contributed by atoms with Crippen molar-refractivity contribution in [2.24, 2.45) is 0 Å². The molecule has 7 unspecified atom stereocenters. The molecule has 552 valence electrons. The minimum atomic E-state index is 0.702. The second kappa shape index (κ2) is 43.9. The fourth-order valence-corrected chi connectivity index (χ4v) is 18.4. The van der Waals surface area contributed by atoms with E-state index in [1.54, 1.807) is 0 Å². The van der Waals surface area contributed by atoms with E-state index >= 15 is 0 Å². The van der Waals surface area contributed by atoms with Crippen LogP contribution < -0.4 is 0 Å². The molecule has 0 aliphatic carbocycles. The molecule has 0 bridgehead atoms. The van der Waals surface area contributed by atoms with Gasteiger partial charge in [-0.1, -0.05) is 75.2 Å². The van der Waals surface area contributed by atoms with E-state index in [9.17, 15) is 0 Å². The average Bonchev–Trinajstić information content (AvgIpc) is 2.30. The van der Waals surface area contributed by atoms with Crippen LogP contribution in [0.5, 0.6) is 0 Å². The Kier molecular flexibility index (Phi) is 42.6. The van der Waals surface area contributed by atoms with Gasteiger partial charge in [0, 0.05) is 51.2 Å². The van der Waals surface area contributed by atoms with Crippen LogP contribution in [0.4, 0.5) is 0 Å². The maximum atomic E-state index is 2.68. The van der Waals surface area contributed by atoms with Crippen molar-refractivity contribution in [1.29, 1.82) is 0 Å². The zero-order valence-corrected chi connectivity index (χ0v) is 69.0. The van der Waals surface area contributed by atoms with Gasteiger partial charge >= 0.3 is 0 Å². The highest BCUT2D eigenvalue weighted by molar-refractivity contribution is 4.78. The van der Waals surface area contributed by atoms with Gasteiger partial charge in [-0.25, -0.2) is 24.5 Å². The van der Waals surface area contributed by atoms with Gasteiger partial charge in [0.15, 0.2) is 0 Å². The molecule has 0 N–H and O–H groups in total. The summed E-state index contributed by atoms with van der Waals surface area (Å²) in [6.07, 6.45) is 8.09. The standard InChI is InChI=1S/2C12H27N2.4C11H25N2.C10H23N2/c1-5-9-12-10-14(7-3,8-4)11-13(12)6-2;1-5-9-12-10-13(6-2)11-14(12,7-3)8-4;1-6-13(7-2)8-11(5)12(9-13)10(3)4;1-6-13(7-2)9-12(10(3)4)8-11(13)5;1-5-11-9-13(7-3,8-4)10-12(11)6-2;1-5-11-9-12(6-2)10-13(11,7-3)8-4;1-5-11-9-12(6-2,7-3)8-10(11)4/h2*12H,5-11H2,1-4H3;2*10-11H,6-9H2,1-5H3;2*11H,5-10H2,1-4H3;10H,5-9H2,1-4H3/q7*+1. The Hall–Kier alpha value is -0.560. The summed E-state index contributed by atoms with van der Waals surface area (Å²) in [5.41, 5.74) is 0. The second-order valence-corrected chi connectivity index (χ2v) is 31.3. The highest BCUT2D eigenvalue weighted by Crippen LogP contribution is 2.30. The van der Waals surface area contributed by atoms with Gasteiger partial charge in [0.1, 0.15) is 64.8 Å². The van der Waals surface area contributed by atoms with Crippen LogP contribution in [0.2, 0.25) is 0 Å². The van der Waals surface area contributed by atoms with Gasteiger partial charge in [-0.15, -0.1) is 0 Å². The van der Waals surface area contributed by atoms with Crippen molar-refractivity contribution in [3.63, 3.8) is 0 Å². The van der Waals surface area contributed by atoms with Crippen molar-refractivity contribution in [2.75, 3.05) is 217 Å². The lowest BCUT2D eigenvalue weighted by atomic mass is 10.1. The quantitative estimate of drug-likeness (QED) is 0.0755. The molecule has 0 aromatic carbocycles. The van der Waals surface area contributed by atoms with Crippen LogP contribution in [-0.4, -0.2) is 337 Å². The minimum Gasteiger partial charge on any atom is -0.310 e. The third-order valence-corrected chi connectivity index (χ3v) is 26.8. The molecule has 7 heterocycles. The maximum Gasteiger partial charge on any atom is 0.135 e.